The first-order chi connectivity index (χ1) is 10.1. The molecule has 1 saturated heterocycles. The molecule has 1 aromatic rings. The molecule has 126 valence electrons. The van der Waals surface area contributed by atoms with E-state index in [2.05, 4.69) is 22.7 Å². The second-order valence-corrected chi connectivity index (χ2v) is 6.26. The molecule has 1 aliphatic heterocycles. The summed E-state index contributed by atoms with van der Waals surface area (Å²) in [5, 5.41) is 10.6. The minimum Gasteiger partial charge on any atom is -0.356 e. The Morgan fingerprint density at radius 3 is 3.05 bits per heavy atom. The maximum absolute atomic E-state index is 12.0. The highest BCUT2D eigenvalue weighted by Gasteiger charge is 2.21. The molecule has 0 bridgehead atoms. The number of aryl methyl sites for hydroxylation is 2. The minimum absolute atomic E-state index is 0. The minimum atomic E-state index is 0. The average molecular weight is 329 g/mol. The summed E-state index contributed by atoms with van der Waals surface area (Å²) in [6.45, 7) is 5.15. The van der Waals surface area contributed by atoms with Crippen LogP contribution in [0.1, 0.15) is 38.2 Å². The van der Waals surface area contributed by atoms with Gasteiger partial charge in [-0.1, -0.05) is 6.92 Å². The van der Waals surface area contributed by atoms with Gasteiger partial charge in [-0.3, -0.25) is 9.48 Å². The fourth-order valence-corrected chi connectivity index (χ4v) is 3.02. The Balaban J connectivity index is 0.00000242. The van der Waals surface area contributed by atoms with Crippen molar-refractivity contribution < 1.29 is 4.79 Å². The molecule has 2 N–H and O–H groups in total. The molecular weight excluding hydrogens is 300 g/mol. The number of amides is 1. The number of hydrogen-bond acceptors (Lipinski definition) is 3. The summed E-state index contributed by atoms with van der Waals surface area (Å²) < 4.78 is 1.81. The summed E-state index contributed by atoms with van der Waals surface area (Å²) in [5.41, 5.74) is 1.23. The van der Waals surface area contributed by atoms with Crippen molar-refractivity contribution in [2.24, 2.45) is 18.9 Å². The summed E-state index contributed by atoms with van der Waals surface area (Å²) in [5.74, 6) is 1.32. The Labute approximate surface area is 139 Å². The molecule has 2 atom stereocenters. The van der Waals surface area contributed by atoms with Crippen molar-refractivity contribution in [2.45, 2.75) is 39.0 Å². The predicted octanol–water partition coefficient (Wildman–Crippen LogP) is 1.92. The monoisotopic (exact) mass is 328 g/mol. The van der Waals surface area contributed by atoms with Crippen LogP contribution in [0, 0.1) is 11.8 Å². The van der Waals surface area contributed by atoms with Crippen molar-refractivity contribution in [1.29, 1.82) is 0 Å². The lowest BCUT2D eigenvalue weighted by molar-refractivity contribution is -0.122. The molecule has 22 heavy (non-hydrogen) atoms. The molecule has 1 aliphatic rings. The number of aromatic nitrogens is 2. The van der Waals surface area contributed by atoms with E-state index in [9.17, 15) is 4.79 Å². The number of piperidine rings is 1. The standard InChI is InChI=1S/C16H28N4O.ClH/c1-13(15-6-4-7-17-11-15)9-16(21)18-8-3-5-14-10-19-20(2)12-14;/h10,12-13,15,17H,3-9,11H2,1-2H3,(H,18,21);1H. The topological polar surface area (TPSA) is 59.0 Å². The second-order valence-electron chi connectivity index (χ2n) is 6.26. The lowest BCUT2D eigenvalue weighted by atomic mass is 9.85. The maximum Gasteiger partial charge on any atom is 0.220 e. The first-order valence-corrected chi connectivity index (χ1v) is 8.10. The van der Waals surface area contributed by atoms with Crippen molar-refractivity contribution in [2.75, 3.05) is 19.6 Å². The fraction of sp³-hybridized carbons (Fsp3) is 0.750. The van der Waals surface area contributed by atoms with Gasteiger partial charge < -0.3 is 10.6 Å². The third kappa shape index (κ3) is 6.36. The van der Waals surface area contributed by atoms with Crippen LogP contribution < -0.4 is 10.6 Å². The first-order valence-electron chi connectivity index (χ1n) is 8.10. The summed E-state index contributed by atoms with van der Waals surface area (Å²) in [6, 6.07) is 0. The lowest BCUT2D eigenvalue weighted by Crippen LogP contribution is -2.35. The van der Waals surface area contributed by atoms with Gasteiger partial charge in [-0.2, -0.15) is 5.10 Å². The Bertz CT molecular complexity index is 443. The molecule has 0 saturated carbocycles. The van der Waals surface area contributed by atoms with Gasteiger partial charge in [-0.05, 0) is 56.2 Å². The third-order valence-corrected chi connectivity index (χ3v) is 4.37. The number of rotatable bonds is 7. The van der Waals surface area contributed by atoms with E-state index in [4.69, 9.17) is 0 Å². The molecule has 6 heteroatoms. The van der Waals surface area contributed by atoms with Gasteiger partial charge in [0.25, 0.3) is 0 Å². The largest absolute Gasteiger partial charge is 0.356 e. The van der Waals surface area contributed by atoms with Gasteiger partial charge in [0.2, 0.25) is 5.91 Å². The van der Waals surface area contributed by atoms with Crippen LogP contribution in [0.25, 0.3) is 0 Å². The van der Waals surface area contributed by atoms with E-state index in [1.807, 2.05) is 24.1 Å². The Morgan fingerprint density at radius 2 is 2.41 bits per heavy atom. The van der Waals surface area contributed by atoms with E-state index in [1.54, 1.807) is 0 Å². The van der Waals surface area contributed by atoms with E-state index >= 15 is 0 Å². The normalized spacial score (nSPS) is 19.3. The first kappa shape index (κ1) is 19.0. The van der Waals surface area contributed by atoms with Gasteiger partial charge in [0.1, 0.15) is 0 Å². The SMILES string of the molecule is CC(CC(=O)NCCCc1cnn(C)c1)C1CCCNC1.Cl. The summed E-state index contributed by atoms with van der Waals surface area (Å²) in [4.78, 5) is 12.0. The number of carbonyl (C=O) groups excluding carboxylic acids is 1. The summed E-state index contributed by atoms with van der Waals surface area (Å²) in [6.07, 6.45) is 9.00. The molecule has 0 aliphatic carbocycles. The van der Waals surface area contributed by atoms with Gasteiger partial charge in [0, 0.05) is 26.2 Å². The zero-order valence-corrected chi connectivity index (χ0v) is 14.5. The predicted molar refractivity (Wildman–Crippen MR) is 91.2 cm³/mol. The smallest absolute Gasteiger partial charge is 0.220 e. The van der Waals surface area contributed by atoms with E-state index in [0.29, 0.717) is 18.3 Å². The lowest BCUT2D eigenvalue weighted by Gasteiger charge is -2.28. The summed E-state index contributed by atoms with van der Waals surface area (Å²) >= 11 is 0. The van der Waals surface area contributed by atoms with Gasteiger partial charge in [0.15, 0.2) is 0 Å². The van der Waals surface area contributed by atoms with Crippen LogP contribution in [0.2, 0.25) is 0 Å². The van der Waals surface area contributed by atoms with E-state index < -0.39 is 0 Å². The van der Waals surface area contributed by atoms with Gasteiger partial charge in [0.05, 0.1) is 6.20 Å². The second kappa shape index (κ2) is 9.85. The van der Waals surface area contributed by atoms with Crippen LogP contribution in [-0.4, -0.2) is 35.3 Å². The van der Waals surface area contributed by atoms with Gasteiger partial charge in [-0.15, -0.1) is 12.4 Å². The Kier molecular flexibility index (Phi) is 8.49. The molecule has 2 rings (SSSR count). The highest BCUT2D eigenvalue weighted by Crippen LogP contribution is 2.22. The van der Waals surface area contributed by atoms with Crippen molar-refractivity contribution in [3.05, 3.63) is 18.0 Å². The number of halogens is 1. The zero-order valence-electron chi connectivity index (χ0n) is 13.7. The molecule has 2 heterocycles. The fourth-order valence-electron chi connectivity index (χ4n) is 3.02. The van der Waals surface area contributed by atoms with Gasteiger partial charge >= 0.3 is 0 Å². The Hall–Kier alpha value is -1.07. The summed E-state index contributed by atoms with van der Waals surface area (Å²) in [7, 11) is 1.92. The third-order valence-electron chi connectivity index (χ3n) is 4.37. The van der Waals surface area contributed by atoms with Crippen LogP contribution in [0.3, 0.4) is 0 Å². The van der Waals surface area contributed by atoms with Crippen molar-refractivity contribution in [3.63, 3.8) is 0 Å². The molecule has 1 aromatic heterocycles. The molecule has 0 aromatic carbocycles. The van der Waals surface area contributed by atoms with E-state index in [-0.39, 0.29) is 18.3 Å². The van der Waals surface area contributed by atoms with E-state index in [1.165, 1.54) is 18.4 Å². The molecule has 2 unspecified atom stereocenters. The molecule has 5 nitrogen and oxygen atoms in total. The molecule has 1 amide bonds. The maximum atomic E-state index is 12.0. The highest BCUT2D eigenvalue weighted by atomic mass is 35.5. The van der Waals surface area contributed by atoms with Crippen LogP contribution in [0.5, 0.6) is 0 Å². The zero-order chi connectivity index (χ0) is 15.1. The van der Waals surface area contributed by atoms with Crippen molar-refractivity contribution >= 4 is 18.3 Å². The van der Waals surface area contributed by atoms with Crippen LogP contribution >= 0.6 is 12.4 Å². The average Bonchev–Trinajstić information content (AvgIpc) is 2.90. The highest BCUT2D eigenvalue weighted by molar-refractivity contribution is 5.85. The van der Waals surface area contributed by atoms with Crippen molar-refractivity contribution in [1.82, 2.24) is 20.4 Å². The number of nitrogens with one attached hydrogen (secondary N) is 2. The van der Waals surface area contributed by atoms with Crippen molar-refractivity contribution in [3.8, 4) is 0 Å². The van der Waals surface area contributed by atoms with Crippen LogP contribution in [0.4, 0.5) is 0 Å². The molecule has 1 fully saturated rings. The van der Waals surface area contributed by atoms with Crippen LogP contribution in [0.15, 0.2) is 12.4 Å². The molecular formula is C16H29ClN4O. The molecule has 0 radical (unpaired) electrons. The number of carbonyl (C=O) groups is 1. The number of hydrogen-bond donors (Lipinski definition) is 2. The van der Waals surface area contributed by atoms with Gasteiger partial charge in [-0.25, -0.2) is 0 Å². The molecule has 0 spiro atoms. The van der Waals surface area contributed by atoms with Crippen LogP contribution in [-0.2, 0) is 18.3 Å². The quantitative estimate of drug-likeness (QED) is 0.752. The Morgan fingerprint density at radius 1 is 1.59 bits per heavy atom. The number of nitrogens with zero attached hydrogens (tertiary/aromatic N) is 2. The van der Waals surface area contributed by atoms with E-state index in [0.717, 1.165) is 32.5 Å².